The Bertz CT molecular complexity index is 1390. The summed E-state index contributed by atoms with van der Waals surface area (Å²) in [6.45, 7) is 0.103. The lowest BCUT2D eigenvalue weighted by Crippen LogP contribution is -2.27. The van der Waals surface area contributed by atoms with E-state index in [-0.39, 0.29) is 23.8 Å². The summed E-state index contributed by atoms with van der Waals surface area (Å²) in [4.78, 5) is 39.2. The summed E-state index contributed by atoms with van der Waals surface area (Å²) >= 11 is 13.2. The van der Waals surface area contributed by atoms with Crippen molar-refractivity contribution in [2.45, 2.75) is 6.54 Å². The summed E-state index contributed by atoms with van der Waals surface area (Å²) in [6, 6.07) is 16.4. The van der Waals surface area contributed by atoms with E-state index in [1.54, 1.807) is 66.7 Å². The van der Waals surface area contributed by atoms with Crippen molar-refractivity contribution >= 4 is 58.2 Å². The first kappa shape index (κ1) is 23.3. The van der Waals surface area contributed by atoms with E-state index in [1.807, 2.05) is 0 Å². The van der Waals surface area contributed by atoms with Gasteiger partial charge in [-0.2, -0.15) is 0 Å². The van der Waals surface area contributed by atoms with Crippen LogP contribution < -0.4 is 14.2 Å². The third-order valence-corrected chi connectivity index (χ3v) is 6.81. The van der Waals surface area contributed by atoms with Crippen molar-refractivity contribution in [3.63, 3.8) is 0 Å². The third kappa shape index (κ3) is 4.86. The van der Waals surface area contributed by atoms with E-state index in [1.165, 1.54) is 0 Å². The summed E-state index contributed by atoms with van der Waals surface area (Å²) in [7, 11) is 0. The fourth-order valence-electron chi connectivity index (χ4n) is 3.46. The Labute approximate surface area is 214 Å². The zero-order valence-corrected chi connectivity index (χ0v) is 20.2. The van der Waals surface area contributed by atoms with Gasteiger partial charge in [-0.1, -0.05) is 47.5 Å². The van der Waals surface area contributed by atoms with Crippen molar-refractivity contribution in [2.75, 3.05) is 6.79 Å². The normalized spacial score (nSPS) is 15.7. The fourth-order valence-corrected chi connectivity index (χ4v) is 4.72. The molecule has 0 saturated carbocycles. The van der Waals surface area contributed by atoms with Gasteiger partial charge in [0.1, 0.15) is 5.75 Å². The highest BCUT2D eigenvalue weighted by atomic mass is 35.5. The second-order valence-corrected chi connectivity index (χ2v) is 9.31. The number of esters is 1. The molecule has 1 fully saturated rings. The lowest BCUT2D eigenvalue weighted by molar-refractivity contribution is -0.123. The number of hydrogen-bond acceptors (Lipinski definition) is 7. The van der Waals surface area contributed by atoms with Gasteiger partial charge in [0.05, 0.1) is 22.0 Å². The lowest BCUT2D eigenvalue weighted by atomic mass is 10.1. The molecule has 0 aromatic heterocycles. The zero-order chi connectivity index (χ0) is 24.5. The van der Waals surface area contributed by atoms with Gasteiger partial charge in [0.25, 0.3) is 11.1 Å². The highest BCUT2D eigenvalue weighted by Crippen LogP contribution is 2.39. The number of thioether (sulfide) groups is 1. The van der Waals surface area contributed by atoms with Crippen LogP contribution in [0.15, 0.2) is 65.6 Å². The molecule has 35 heavy (non-hydrogen) atoms. The van der Waals surface area contributed by atoms with Gasteiger partial charge in [-0.25, -0.2) is 4.79 Å². The summed E-state index contributed by atoms with van der Waals surface area (Å²) in [5.41, 5.74) is 1.49. The Hall–Kier alpha value is -3.46. The van der Waals surface area contributed by atoms with Gasteiger partial charge in [0.2, 0.25) is 6.79 Å². The predicted octanol–water partition coefficient (Wildman–Crippen LogP) is 6.18. The lowest BCUT2D eigenvalue weighted by Gasteiger charge is -2.14. The summed E-state index contributed by atoms with van der Waals surface area (Å²) in [5, 5.41) is 0.270. The number of imide groups is 1. The molecule has 0 aliphatic carbocycles. The van der Waals surface area contributed by atoms with Crippen LogP contribution in [-0.2, 0) is 11.3 Å². The highest BCUT2D eigenvalue weighted by Gasteiger charge is 2.35. The van der Waals surface area contributed by atoms with Crippen LogP contribution in [0.25, 0.3) is 6.08 Å². The van der Waals surface area contributed by atoms with Gasteiger partial charge in [-0.15, -0.1) is 0 Å². The third-order valence-electron chi connectivity index (χ3n) is 5.23. The molecule has 2 aliphatic heterocycles. The average Bonchev–Trinajstić information content (AvgIpc) is 3.39. The summed E-state index contributed by atoms with van der Waals surface area (Å²) < 4.78 is 16.0. The standard InChI is InChI=1S/C25H15Cl2NO6S/c26-18-4-2-1-3-17(18)24(30)34-16-7-5-14(6-8-16)9-22-23(29)28(25(31)35-22)12-15-10-20-21(11-19(15)27)33-13-32-20/h1-11H,12-13H2/b22-9-. The van der Waals surface area contributed by atoms with Gasteiger partial charge < -0.3 is 14.2 Å². The first-order chi connectivity index (χ1) is 16.9. The van der Waals surface area contributed by atoms with Gasteiger partial charge in [-0.05, 0) is 59.3 Å². The maximum Gasteiger partial charge on any atom is 0.345 e. The maximum absolute atomic E-state index is 12.9. The molecular formula is C25H15Cl2NO6S. The van der Waals surface area contributed by atoms with E-state index in [9.17, 15) is 14.4 Å². The molecule has 3 aromatic rings. The first-order valence-corrected chi connectivity index (χ1v) is 11.9. The van der Waals surface area contributed by atoms with E-state index in [4.69, 9.17) is 37.4 Å². The second-order valence-electron chi connectivity index (χ2n) is 7.50. The van der Waals surface area contributed by atoms with Gasteiger partial charge >= 0.3 is 5.97 Å². The molecule has 0 atom stereocenters. The second kappa shape index (κ2) is 9.65. The minimum absolute atomic E-state index is 0.00835. The topological polar surface area (TPSA) is 82.1 Å². The number of fused-ring (bicyclic) bond motifs is 1. The van der Waals surface area contributed by atoms with E-state index in [2.05, 4.69) is 0 Å². The number of amides is 2. The van der Waals surface area contributed by atoms with Crippen LogP contribution in [0.4, 0.5) is 4.79 Å². The predicted molar refractivity (Wildman–Crippen MR) is 132 cm³/mol. The average molecular weight is 528 g/mol. The van der Waals surface area contributed by atoms with E-state index >= 15 is 0 Å². The SMILES string of the molecule is O=C(Oc1ccc(/C=C2\SC(=O)N(Cc3cc4c(cc3Cl)OCO4)C2=O)cc1)c1ccccc1Cl. The molecule has 2 heterocycles. The number of rotatable bonds is 5. The molecule has 10 heteroatoms. The molecule has 2 aliphatic rings. The monoisotopic (exact) mass is 527 g/mol. The summed E-state index contributed by atoms with van der Waals surface area (Å²) in [5.74, 6) is 0.350. The number of hydrogen-bond donors (Lipinski definition) is 0. The Morgan fingerprint density at radius 1 is 1.00 bits per heavy atom. The van der Waals surface area contributed by atoms with Crippen LogP contribution in [0.2, 0.25) is 10.0 Å². The van der Waals surface area contributed by atoms with Crippen molar-refractivity contribution in [3.05, 3.63) is 92.3 Å². The van der Waals surface area contributed by atoms with Crippen LogP contribution in [0.5, 0.6) is 17.2 Å². The van der Waals surface area contributed by atoms with Crippen molar-refractivity contribution in [1.82, 2.24) is 4.90 Å². The fraction of sp³-hybridized carbons (Fsp3) is 0.0800. The van der Waals surface area contributed by atoms with Crippen molar-refractivity contribution in [1.29, 1.82) is 0 Å². The van der Waals surface area contributed by atoms with E-state index in [0.29, 0.717) is 38.4 Å². The quantitative estimate of drug-likeness (QED) is 0.222. The minimum atomic E-state index is -0.577. The Morgan fingerprint density at radius 3 is 2.46 bits per heavy atom. The largest absolute Gasteiger partial charge is 0.454 e. The van der Waals surface area contributed by atoms with Crippen molar-refractivity contribution in [2.24, 2.45) is 0 Å². The van der Waals surface area contributed by atoms with Gasteiger partial charge in [0, 0.05) is 11.1 Å². The number of ether oxygens (including phenoxy) is 3. The molecule has 0 bridgehead atoms. The zero-order valence-electron chi connectivity index (χ0n) is 17.8. The van der Waals surface area contributed by atoms with Crippen LogP contribution in [0.3, 0.4) is 0 Å². The van der Waals surface area contributed by atoms with E-state index in [0.717, 1.165) is 16.7 Å². The van der Waals surface area contributed by atoms with Crippen LogP contribution in [-0.4, -0.2) is 28.8 Å². The highest BCUT2D eigenvalue weighted by molar-refractivity contribution is 8.18. The van der Waals surface area contributed by atoms with Crippen LogP contribution in [0, 0.1) is 0 Å². The number of nitrogens with zero attached hydrogens (tertiary/aromatic N) is 1. The molecule has 5 rings (SSSR count). The van der Waals surface area contributed by atoms with Crippen LogP contribution >= 0.6 is 35.0 Å². The van der Waals surface area contributed by atoms with Crippen molar-refractivity contribution in [3.8, 4) is 17.2 Å². The molecule has 0 spiro atoms. The number of carbonyl (C=O) groups excluding carboxylic acids is 3. The Kier molecular flexibility index (Phi) is 6.42. The minimum Gasteiger partial charge on any atom is -0.454 e. The first-order valence-electron chi connectivity index (χ1n) is 10.3. The number of halogens is 2. The molecule has 0 radical (unpaired) electrons. The molecule has 1 saturated heterocycles. The molecule has 176 valence electrons. The number of benzene rings is 3. The Morgan fingerprint density at radius 2 is 1.71 bits per heavy atom. The maximum atomic E-state index is 12.9. The summed E-state index contributed by atoms with van der Waals surface area (Å²) in [6.07, 6.45) is 1.60. The van der Waals surface area contributed by atoms with E-state index < -0.39 is 17.1 Å². The molecular weight excluding hydrogens is 513 g/mol. The molecule has 2 amide bonds. The Balaban J connectivity index is 1.28. The van der Waals surface area contributed by atoms with Gasteiger partial charge in [0.15, 0.2) is 11.5 Å². The molecule has 3 aromatic carbocycles. The van der Waals surface area contributed by atoms with Crippen molar-refractivity contribution < 1.29 is 28.6 Å². The molecule has 0 N–H and O–H groups in total. The number of carbonyl (C=O) groups is 3. The van der Waals surface area contributed by atoms with Gasteiger partial charge in [-0.3, -0.25) is 14.5 Å². The smallest absolute Gasteiger partial charge is 0.345 e. The molecule has 7 nitrogen and oxygen atoms in total. The van der Waals surface area contributed by atoms with Crippen LogP contribution in [0.1, 0.15) is 21.5 Å². The molecule has 0 unspecified atom stereocenters.